The van der Waals surface area contributed by atoms with Gasteiger partial charge in [0.05, 0.1) is 11.2 Å². The van der Waals surface area contributed by atoms with E-state index in [1.165, 1.54) is 6.92 Å². The third-order valence-electron chi connectivity index (χ3n) is 2.28. The highest BCUT2D eigenvalue weighted by Crippen LogP contribution is 2.24. The molecule has 0 saturated carbocycles. The molecule has 0 bridgehead atoms. The Kier molecular flexibility index (Phi) is 2.62. The zero-order chi connectivity index (χ0) is 11.7. The van der Waals surface area contributed by atoms with Crippen LogP contribution >= 0.6 is 12.2 Å². The number of hydrogen-bond donors (Lipinski definition) is 3. The lowest BCUT2D eigenvalue weighted by atomic mass is 10.1. The fourth-order valence-electron chi connectivity index (χ4n) is 1.57. The van der Waals surface area contributed by atoms with Crippen LogP contribution in [0, 0.1) is 4.64 Å². The van der Waals surface area contributed by atoms with Crippen LogP contribution < -0.4 is 5.32 Å². The van der Waals surface area contributed by atoms with Gasteiger partial charge in [0.1, 0.15) is 4.64 Å². The van der Waals surface area contributed by atoms with Crippen molar-refractivity contribution in [1.29, 1.82) is 0 Å². The van der Waals surface area contributed by atoms with E-state index in [1.54, 1.807) is 6.08 Å². The molecule has 16 heavy (non-hydrogen) atoms. The summed E-state index contributed by atoms with van der Waals surface area (Å²) in [7, 11) is 0. The molecule has 5 heteroatoms. The second-order valence-electron chi connectivity index (χ2n) is 3.45. The molecular formula is C11H11N3OS. The molecule has 0 atom stereocenters. The first kappa shape index (κ1) is 10.6. The van der Waals surface area contributed by atoms with Crippen LogP contribution in [-0.2, 0) is 4.79 Å². The van der Waals surface area contributed by atoms with Crippen molar-refractivity contribution >= 4 is 40.8 Å². The largest absolute Gasteiger partial charge is 0.326 e. The molecule has 0 radical (unpaired) electrons. The third-order valence-corrected chi connectivity index (χ3v) is 2.60. The molecule has 3 N–H and O–H groups in total. The molecule has 0 fully saturated rings. The van der Waals surface area contributed by atoms with Gasteiger partial charge in [-0.1, -0.05) is 24.9 Å². The Labute approximate surface area is 97.4 Å². The van der Waals surface area contributed by atoms with Crippen molar-refractivity contribution in [3.05, 3.63) is 28.9 Å². The zero-order valence-corrected chi connectivity index (χ0v) is 9.57. The van der Waals surface area contributed by atoms with Gasteiger partial charge in [0.25, 0.3) is 0 Å². The van der Waals surface area contributed by atoms with Gasteiger partial charge < -0.3 is 5.32 Å². The lowest BCUT2D eigenvalue weighted by molar-refractivity contribution is -0.114. The Hall–Kier alpha value is -1.88. The van der Waals surface area contributed by atoms with Crippen LogP contribution in [0.25, 0.3) is 17.0 Å². The molecule has 0 aliphatic carbocycles. The molecule has 0 aliphatic rings. The van der Waals surface area contributed by atoms with E-state index in [2.05, 4.69) is 22.1 Å². The highest BCUT2D eigenvalue weighted by molar-refractivity contribution is 7.71. The Morgan fingerprint density at radius 2 is 2.25 bits per heavy atom. The van der Waals surface area contributed by atoms with Crippen molar-refractivity contribution in [2.45, 2.75) is 6.92 Å². The number of aromatic amines is 2. The van der Waals surface area contributed by atoms with Crippen LogP contribution in [0.15, 0.2) is 18.7 Å². The van der Waals surface area contributed by atoms with Gasteiger partial charge in [-0.25, -0.2) is 0 Å². The molecule has 1 amide bonds. The van der Waals surface area contributed by atoms with Gasteiger partial charge >= 0.3 is 0 Å². The van der Waals surface area contributed by atoms with Crippen molar-refractivity contribution in [3.8, 4) is 0 Å². The average Bonchev–Trinajstić information content (AvgIpc) is 2.58. The van der Waals surface area contributed by atoms with E-state index in [9.17, 15) is 4.79 Å². The van der Waals surface area contributed by atoms with E-state index in [1.807, 2.05) is 12.1 Å². The minimum absolute atomic E-state index is 0.114. The minimum Gasteiger partial charge on any atom is -0.326 e. The number of carbonyl (C=O) groups is 1. The van der Waals surface area contributed by atoms with Gasteiger partial charge in [-0.15, -0.1) is 0 Å². The van der Waals surface area contributed by atoms with Gasteiger partial charge in [0.15, 0.2) is 0 Å². The maximum atomic E-state index is 11.0. The summed E-state index contributed by atoms with van der Waals surface area (Å²) in [4.78, 5) is 11.0. The Bertz CT molecular complexity index is 624. The number of benzene rings is 1. The number of amides is 1. The lowest BCUT2D eigenvalue weighted by Crippen LogP contribution is -2.06. The first-order chi connectivity index (χ1) is 7.61. The van der Waals surface area contributed by atoms with E-state index in [-0.39, 0.29) is 5.91 Å². The predicted octanol–water partition coefficient (Wildman–Crippen LogP) is 2.83. The van der Waals surface area contributed by atoms with E-state index in [0.717, 1.165) is 22.2 Å². The minimum atomic E-state index is -0.114. The SMILES string of the molecule is C=Cc1cc2c(=S)[nH][nH]c2cc1NC(C)=O. The third kappa shape index (κ3) is 1.77. The van der Waals surface area contributed by atoms with Crippen LogP contribution in [0.1, 0.15) is 12.5 Å². The van der Waals surface area contributed by atoms with Gasteiger partial charge in [-0.05, 0) is 17.7 Å². The second kappa shape index (κ2) is 3.94. The quantitative estimate of drug-likeness (QED) is 0.698. The molecule has 82 valence electrons. The van der Waals surface area contributed by atoms with Crippen molar-refractivity contribution in [3.63, 3.8) is 0 Å². The van der Waals surface area contributed by atoms with E-state index < -0.39 is 0 Å². The summed E-state index contributed by atoms with van der Waals surface area (Å²) in [5.74, 6) is -0.114. The van der Waals surface area contributed by atoms with Crippen LogP contribution in [0.3, 0.4) is 0 Å². The fraction of sp³-hybridized carbons (Fsp3) is 0.0909. The summed E-state index contributed by atoms with van der Waals surface area (Å²) in [6, 6.07) is 3.73. The topological polar surface area (TPSA) is 60.7 Å². The molecule has 0 aliphatic heterocycles. The number of rotatable bonds is 2. The van der Waals surface area contributed by atoms with Crippen molar-refractivity contribution in [1.82, 2.24) is 10.2 Å². The number of aromatic nitrogens is 2. The Balaban J connectivity index is 2.68. The molecule has 2 aromatic rings. The van der Waals surface area contributed by atoms with Gasteiger partial charge in [0, 0.05) is 12.3 Å². The number of hydrogen-bond acceptors (Lipinski definition) is 2. The Morgan fingerprint density at radius 3 is 2.88 bits per heavy atom. The standard InChI is InChI=1S/C11H11N3OS/c1-3-7-4-8-10(13-14-11(8)16)5-9(7)12-6(2)15/h3-5H,1H2,2H3,(H,12,15)(H2,13,14,16). The molecule has 4 nitrogen and oxygen atoms in total. The average molecular weight is 233 g/mol. The molecule has 1 aromatic heterocycles. The molecule has 0 spiro atoms. The van der Waals surface area contributed by atoms with Gasteiger partial charge in [-0.2, -0.15) is 0 Å². The van der Waals surface area contributed by atoms with Crippen LogP contribution in [-0.4, -0.2) is 16.1 Å². The first-order valence-electron chi connectivity index (χ1n) is 4.76. The monoisotopic (exact) mass is 233 g/mol. The summed E-state index contributed by atoms with van der Waals surface area (Å²) < 4.78 is 0.646. The predicted molar refractivity (Wildman–Crippen MR) is 67.9 cm³/mol. The lowest BCUT2D eigenvalue weighted by Gasteiger charge is -2.06. The smallest absolute Gasteiger partial charge is 0.221 e. The van der Waals surface area contributed by atoms with Crippen molar-refractivity contribution in [2.24, 2.45) is 0 Å². The molecule has 0 unspecified atom stereocenters. The first-order valence-corrected chi connectivity index (χ1v) is 5.17. The zero-order valence-electron chi connectivity index (χ0n) is 8.76. The van der Waals surface area contributed by atoms with Crippen LogP contribution in [0.5, 0.6) is 0 Å². The molecule has 1 heterocycles. The summed E-state index contributed by atoms with van der Waals surface area (Å²) in [6.07, 6.45) is 1.69. The fourth-order valence-corrected chi connectivity index (χ4v) is 1.79. The van der Waals surface area contributed by atoms with E-state index >= 15 is 0 Å². The highest BCUT2D eigenvalue weighted by Gasteiger charge is 2.06. The van der Waals surface area contributed by atoms with Crippen molar-refractivity contribution < 1.29 is 4.79 Å². The van der Waals surface area contributed by atoms with E-state index in [0.29, 0.717) is 4.64 Å². The molecule has 2 rings (SSSR count). The summed E-state index contributed by atoms with van der Waals surface area (Å²) >= 11 is 5.12. The van der Waals surface area contributed by atoms with E-state index in [4.69, 9.17) is 12.2 Å². The highest BCUT2D eigenvalue weighted by atomic mass is 32.1. The molecular weight excluding hydrogens is 222 g/mol. The number of nitrogens with one attached hydrogen (secondary N) is 3. The summed E-state index contributed by atoms with van der Waals surface area (Å²) in [6.45, 7) is 5.18. The summed E-state index contributed by atoms with van der Waals surface area (Å²) in [5.41, 5.74) is 2.43. The van der Waals surface area contributed by atoms with Crippen molar-refractivity contribution in [2.75, 3.05) is 5.32 Å². The normalized spacial score (nSPS) is 10.3. The summed E-state index contributed by atoms with van der Waals surface area (Å²) in [5, 5.41) is 9.45. The van der Waals surface area contributed by atoms with Gasteiger partial charge in [0.2, 0.25) is 5.91 Å². The maximum Gasteiger partial charge on any atom is 0.221 e. The van der Waals surface area contributed by atoms with Gasteiger partial charge in [-0.3, -0.25) is 15.0 Å². The second-order valence-corrected chi connectivity index (χ2v) is 3.86. The van der Waals surface area contributed by atoms with Crippen LogP contribution in [0.2, 0.25) is 0 Å². The number of carbonyl (C=O) groups excluding carboxylic acids is 1. The molecule has 1 aromatic carbocycles. The Morgan fingerprint density at radius 1 is 1.50 bits per heavy atom. The number of anilines is 1. The number of H-pyrrole nitrogens is 2. The maximum absolute atomic E-state index is 11.0. The van der Waals surface area contributed by atoms with Crippen LogP contribution in [0.4, 0.5) is 5.69 Å². The number of fused-ring (bicyclic) bond motifs is 1. The molecule has 0 saturated heterocycles.